The quantitative estimate of drug-likeness (QED) is 0.860. The van der Waals surface area contributed by atoms with Crippen LogP contribution in [0.15, 0.2) is 42.5 Å². The summed E-state index contributed by atoms with van der Waals surface area (Å²) in [7, 11) is 1.57. The molecule has 2 aromatic carbocycles. The van der Waals surface area contributed by atoms with Gasteiger partial charge in [0.25, 0.3) is 0 Å². The van der Waals surface area contributed by atoms with Crippen LogP contribution in [-0.4, -0.2) is 18.2 Å². The second-order valence-electron chi connectivity index (χ2n) is 5.35. The molecule has 0 fully saturated rings. The van der Waals surface area contributed by atoms with Crippen molar-refractivity contribution in [1.29, 1.82) is 0 Å². The van der Waals surface area contributed by atoms with E-state index >= 15 is 0 Å². The van der Waals surface area contributed by atoms with Crippen LogP contribution in [0.25, 0.3) is 0 Å². The smallest absolute Gasteiger partial charge is 0.325 e. The standard InChI is InChI=1S/C18H21NO3/c1-12-7-8-14(9-13(12)2)11-19-17(18(20)21)15-5-4-6-16(10-15)22-3/h4-10,17,19H,11H2,1-3H3,(H,20,21). The third-order valence-corrected chi connectivity index (χ3v) is 3.76. The largest absolute Gasteiger partial charge is 0.497 e. The van der Waals surface area contributed by atoms with Crippen LogP contribution in [0.5, 0.6) is 5.75 Å². The van der Waals surface area contributed by atoms with E-state index in [9.17, 15) is 9.90 Å². The predicted octanol–water partition coefficient (Wildman–Crippen LogP) is 3.23. The van der Waals surface area contributed by atoms with Gasteiger partial charge in [0.1, 0.15) is 11.8 Å². The summed E-state index contributed by atoms with van der Waals surface area (Å²) in [6.07, 6.45) is 0. The van der Waals surface area contributed by atoms with Gasteiger partial charge in [0.05, 0.1) is 7.11 Å². The Kier molecular flexibility index (Phi) is 5.17. The van der Waals surface area contributed by atoms with Crippen LogP contribution >= 0.6 is 0 Å². The Labute approximate surface area is 130 Å². The van der Waals surface area contributed by atoms with Crippen molar-refractivity contribution in [2.45, 2.75) is 26.4 Å². The minimum Gasteiger partial charge on any atom is -0.497 e. The number of nitrogens with one attached hydrogen (secondary N) is 1. The number of hydrogen-bond donors (Lipinski definition) is 2. The number of methoxy groups -OCH3 is 1. The summed E-state index contributed by atoms with van der Waals surface area (Å²) >= 11 is 0. The van der Waals surface area contributed by atoms with Gasteiger partial charge in [0.15, 0.2) is 0 Å². The lowest BCUT2D eigenvalue weighted by Crippen LogP contribution is -2.28. The van der Waals surface area contributed by atoms with E-state index in [4.69, 9.17) is 4.74 Å². The zero-order valence-corrected chi connectivity index (χ0v) is 13.1. The zero-order valence-electron chi connectivity index (χ0n) is 13.1. The molecule has 2 rings (SSSR count). The lowest BCUT2D eigenvalue weighted by molar-refractivity contribution is -0.139. The molecule has 0 radical (unpaired) electrons. The first-order valence-electron chi connectivity index (χ1n) is 7.17. The highest BCUT2D eigenvalue weighted by molar-refractivity contribution is 5.75. The summed E-state index contributed by atoms with van der Waals surface area (Å²) in [5.74, 6) is -0.256. The van der Waals surface area contributed by atoms with Crippen LogP contribution in [-0.2, 0) is 11.3 Å². The van der Waals surface area contributed by atoms with E-state index in [1.54, 1.807) is 31.4 Å². The van der Waals surface area contributed by atoms with Crippen molar-refractivity contribution in [2.75, 3.05) is 7.11 Å². The fourth-order valence-electron chi connectivity index (χ4n) is 2.30. The third kappa shape index (κ3) is 3.86. The number of carbonyl (C=O) groups is 1. The number of ether oxygens (including phenoxy) is 1. The van der Waals surface area contributed by atoms with Gasteiger partial charge < -0.3 is 9.84 Å². The molecule has 1 atom stereocenters. The van der Waals surface area contributed by atoms with Crippen LogP contribution in [0.3, 0.4) is 0 Å². The first-order chi connectivity index (χ1) is 10.5. The molecule has 4 heteroatoms. The maximum absolute atomic E-state index is 11.5. The SMILES string of the molecule is COc1cccc(C(NCc2ccc(C)c(C)c2)C(=O)O)c1. The molecule has 0 aliphatic heterocycles. The molecular formula is C18H21NO3. The highest BCUT2D eigenvalue weighted by Gasteiger charge is 2.19. The highest BCUT2D eigenvalue weighted by Crippen LogP contribution is 2.20. The van der Waals surface area contributed by atoms with E-state index in [1.807, 2.05) is 12.1 Å². The predicted molar refractivity (Wildman–Crippen MR) is 86.1 cm³/mol. The van der Waals surface area contributed by atoms with Crippen molar-refractivity contribution in [3.8, 4) is 5.75 Å². The van der Waals surface area contributed by atoms with Crippen LogP contribution < -0.4 is 10.1 Å². The van der Waals surface area contributed by atoms with E-state index in [0.717, 1.165) is 5.56 Å². The Hall–Kier alpha value is -2.33. The number of aryl methyl sites for hydroxylation is 2. The van der Waals surface area contributed by atoms with Crippen LogP contribution in [0.1, 0.15) is 28.3 Å². The lowest BCUT2D eigenvalue weighted by Gasteiger charge is -2.16. The normalized spacial score (nSPS) is 12.0. The molecule has 1 unspecified atom stereocenters. The van der Waals surface area contributed by atoms with Gasteiger partial charge in [-0.05, 0) is 48.2 Å². The second-order valence-corrected chi connectivity index (χ2v) is 5.35. The number of aliphatic carboxylic acids is 1. The van der Waals surface area contributed by atoms with Gasteiger partial charge in [-0.2, -0.15) is 0 Å². The van der Waals surface area contributed by atoms with Gasteiger partial charge in [-0.3, -0.25) is 10.1 Å². The number of benzene rings is 2. The molecule has 0 heterocycles. The van der Waals surface area contributed by atoms with Gasteiger partial charge in [-0.25, -0.2) is 0 Å². The molecule has 116 valence electrons. The number of hydrogen-bond acceptors (Lipinski definition) is 3. The van der Waals surface area contributed by atoms with Gasteiger partial charge in [0.2, 0.25) is 0 Å². The van der Waals surface area contributed by atoms with E-state index in [1.165, 1.54) is 11.1 Å². The van der Waals surface area contributed by atoms with E-state index in [0.29, 0.717) is 17.9 Å². The molecule has 2 N–H and O–H groups in total. The summed E-state index contributed by atoms with van der Waals surface area (Å²) in [5.41, 5.74) is 4.17. The van der Waals surface area contributed by atoms with Crippen molar-refractivity contribution in [3.05, 3.63) is 64.7 Å². The molecule has 2 aromatic rings. The van der Waals surface area contributed by atoms with Gasteiger partial charge in [-0.1, -0.05) is 30.3 Å². The van der Waals surface area contributed by atoms with Crippen molar-refractivity contribution >= 4 is 5.97 Å². The van der Waals surface area contributed by atoms with E-state index < -0.39 is 12.0 Å². The molecule has 0 aliphatic rings. The summed E-state index contributed by atoms with van der Waals surface area (Å²) in [6.45, 7) is 4.60. The van der Waals surface area contributed by atoms with Crippen molar-refractivity contribution in [2.24, 2.45) is 0 Å². The maximum atomic E-state index is 11.5. The zero-order chi connectivity index (χ0) is 16.1. The number of carboxylic acids is 1. The second kappa shape index (κ2) is 7.09. The lowest BCUT2D eigenvalue weighted by atomic mass is 10.0. The van der Waals surface area contributed by atoms with Gasteiger partial charge in [-0.15, -0.1) is 0 Å². The molecular weight excluding hydrogens is 278 g/mol. The number of rotatable bonds is 6. The molecule has 0 bridgehead atoms. The minimum atomic E-state index is -0.905. The Bertz CT molecular complexity index is 667. The molecule has 0 amide bonds. The highest BCUT2D eigenvalue weighted by atomic mass is 16.5. The molecule has 0 aliphatic carbocycles. The Morgan fingerprint density at radius 1 is 1.18 bits per heavy atom. The molecule has 4 nitrogen and oxygen atoms in total. The first kappa shape index (κ1) is 16.0. The van der Waals surface area contributed by atoms with E-state index in [2.05, 4.69) is 25.2 Å². The fraction of sp³-hybridized carbons (Fsp3) is 0.278. The maximum Gasteiger partial charge on any atom is 0.325 e. The Morgan fingerprint density at radius 2 is 1.95 bits per heavy atom. The summed E-state index contributed by atoms with van der Waals surface area (Å²) in [4.78, 5) is 11.5. The summed E-state index contributed by atoms with van der Waals surface area (Å²) in [5, 5.41) is 12.6. The van der Waals surface area contributed by atoms with Crippen LogP contribution in [0, 0.1) is 13.8 Å². The first-order valence-corrected chi connectivity index (χ1v) is 7.17. The number of carboxylic acid groups (broad SMARTS) is 1. The van der Waals surface area contributed by atoms with Crippen LogP contribution in [0.2, 0.25) is 0 Å². The topological polar surface area (TPSA) is 58.6 Å². The van der Waals surface area contributed by atoms with E-state index in [-0.39, 0.29) is 0 Å². The Balaban J connectivity index is 2.15. The molecule has 0 aromatic heterocycles. The molecule has 0 spiro atoms. The molecule has 0 saturated carbocycles. The average molecular weight is 299 g/mol. The monoisotopic (exact) mass is 299 g/mol. The summed E-state index contributed by atoms with van der Waals surface area (Å²) < 4.78 is 5.16. The van der Waals surface area contributed by atoms with Crippen molar-refractivity contribution in [1.82, 2.24) is 5.32 Å². The average Bonchev–Trinajstić information content (AvgIpc) is 2.51. The minimum absolute atomic E-state index is 0.495. The molecule has 22 heavy (non-hydrogen) atoms. The third-order valence-electron chi connectivity index (χ3n) is 3.76. The van der Waals surface area contributed by atoms with Gasteiger partial charge >= 0.3 is 5.97 Å². The van der Waals surface area contributed by atoms with Crippen LogP contribution in [0.4, 0.5) is 0 Å². The fourth-order valence-corrected chi connectivity index (χ4v) is 2.30. The van der Waals surface area contributed by atoms with Crippen molar-refractivity contribution in [3.63, 3.8) is 0 Å². The summed E-state index contributed by atoms with van der Waals surface area (Å²) in [6, 6.07) is 12.5. The van der Waals surface area contributed by atoms with Crippen molar-refractivity contribution < 1.29 is 14.6 Å². The van der Waals surface area contributed by atoms with Gasteiger partial charge in [0, 0.05) is 6.54 Å². The Morgan fingerprint density at radius 3 is 2.59 bits per heavy atom. The molecule has 0 saturated heterocycles.